The first-order valence-electron chi connectivity index (χ1n) is 4.88. The molecule has 0 atom stereocenters. The highest BCUT2D eigenvalue weighted by Gasteiger charge is 1.99. The highest BCUT2D eigenvalue weighted by Crippen LogP contribution is 2.22. The van der Waals surface area contributed by atoms with E-state index in [1.165, 1.54) is 0 Å². The van der Waals surface area contributed by atoms with Crippen LogP contribution in [0.25, 0.3) is 0 Å². The van der Waals surface area contributed by atoms with Crippen LogP contribution < -0.4 is 5.48 Å². The Kier molecular flexibility index (Phi) is 5.61. The summed E-state index contributed by atoms with van der Waals surface area (Å²) >= 11 is 9.26. The third-order valence-electron chi connectivity index (χ3n) is 1.78. The summed E-state index contributed by atoms with van der Waals surface area (Å²) < 4.78 is 0.910. The second-order valence-corrected chi connectivity index (χ2v) is 5.04. The Balaban J connectivity index is 2.35. The molecule has 0 radical (unpaired) electrons. The van der Waals surface area contributed by atoms with Crippen molar-refractivity contribution < 1.29 is 4.84 Å². The van der Waals surface area contributed by atoms with Gasteiger partial charge in [0.2, 0.25) is 0 Å². The van der Waals surface area contributed by atoms with Crippen LogP contribution in [0.1, 0.15) is 19.4 Å². The Hall–Kier alpha value is -0.0900. The van der Waals surface area contributed by atoms with E-state index in [2.05, 4.69) is 35.3 Å². The zero-order chi connectivity index (χ0) is 11.3. The number of hydrogen-bond donors (Lipinski definition) is 1. The van der Waals surface area contributed by atoms with Crippen LogP contribution in [0.4, 0.5) is 0 Å². The predicted molar refractivity (Wildman–Crippen MR) is 66.8 cm³/mol. The van der Waals surface area contributed by atoms with Gasteiger partial charge in [-0.3, -0.25) is 0 Å². The Labute approximate surface area is 104 Å². The Morgan fingerprint density at radius 1 is 1.47 bits per heavy atom. The Bertz CT molecular complexity index is 317. The molecule has 0 heterocycles. The number of halogens is 2. The van der Waals surface area contributed by atoms with Crippen molar-refractivity contribution in [2.75, 3.05) is 6.61 Å². The van der Waals surface area contributed by atoms with Crippen LogP contribution >= 0.6 is 27.5 Å². The number of nitrogens with one attached hydrogen (secondary N) is 1. The molecular formula is C11H15BrClNO. The van der Waals surface area contributed by atoms with E-state index >= 15 is 0 Å². The van der Waals surface area contributed by atoms with E-state index in [0.29, 0.717) is 12.5 Å². The predicted octanol–water partition coefficient (Wildman–Crippen LogP) is 3.78. The summed E-state index contributed by atoms with van der Waals surface area (Å²) in [5, 5.41) is 0.724. The van der Waals surface area contributed by atoms with Crippen molar-refractivity contribution in [2.24, 2.45) is 5.92 Å². The molecule has 1 aromatic carbocycles. The second-order valence-electron chi connectivity index (χ2n) is 3.77. The van der Waals surface area contributed by atoms with Gasteiger partial charge < -0.3 is 4.84 Å². The molecule has 0 amide bonds. The summed E-state index contributed by atoms with van der Waals surface area (Å²) in [6.45, 7) is 5.62. The van der Waals surface area contributed by atoms with Crippen molar-refractivity contribution in [3.63, 3.8) is 0 Å². The van der Waals surface area contributed by atoms with Gasteiger partial charge in [-0.25, -0.2) is 0 Å². The fourth-order valence-corrected chi connectivity index (χ4v) is 1.55. The fourth-order valence-electron chi connectivity index (χ4n) is 1.01. The van der Waals surface area contributed by atoms with Crippen LogP contribution in [0.3, 0.4) is 0 Å². The lowest BCUT2D eigenvalue weighted by molar-refractivity contribution is 0.0196. The van der Waals surface area contributed by atoms with Crippen molar-refractivity contribution >= 4 is 27.5 Å². The van der Waals surface area contributed by atoms with Gasteiger partial charge >= 0.3 is 0 Å². The summed E-state index contributed by atoms with van der Waals surface area (Å²) in [5.74, 6) is 0.537. The summed E-state index contributed by atoms with van der Waals surface area (Å²) in [7, 11) is 0. The first-order chi connectivity index (χ1) is 7.09. The normalized spacial score (nSPS) is 11.0. The van der Waals surface area contributed by atoms with Gasteiger partial charge in [-0.2, -0.15) is 5.48 Å². The van der Waals surface area contributed by atoms with E-state index in [4.69, 9.17) is 16.4 Å². The number of rotatable bonds is 5. The summed E-state index contributed by atoms with van der Waals surface area (Å²) in [4.78, 5) is 5.27. The van der Waals surface area contributed by atoms with Crippen LogP contribution in [0.15, 0.2) is 22.7 Å². The van der Waals surface area contributed by atoms with Gasteiger partial charge in [0.05, 0.1) is 11.6 Å². The largest absolute Gasteiger partial charge is 0.301 e. The van der Waals surface area contributed by atoms with E-state index in [-0.39, 0.29) is 0 Å². The molecule has 0 unspecified atom stereocenters. The first-order valence-corrected chi connectivity index (χ1v) is 6.05. The van der Waals surface area contributed by atoms with E-state index < -0.39 is 0 Å². The summed E-state index contributed by atoms with van der Waals surface area (Å²) in [5.41, 5.74) is 4.05. The molecule has 0 aliphatic heterocycles. The molecule has 1 rings (SSSR count). The Morgan fingerprint density at radius 3 is 2.80 bits per heavy atom. The first kappa shape index (κ1) is 13.0. The zero-order valence-electron chi connectivity index (χ0n) is 8.89. The van der Waals surface area contributed by atoms with Crippen molar-refractivity contribution in [3.05, 3.63) is 33.3 Å². The molecule has 2 nitrogen and oxygen atoms in total. The molecule has 0 aliphatic carbocycles. The lowest BCUT2D eigenvalue weighted by Gasteiger charge is -2.08. The van der Waals surface area contributed by atoms with E-state index in [1.807, 2.05) is 18.2 Å². The Morgan fingerprint density at radius 2 is 2.20 bits per heavy atom. The van der Waals surface area contributed by atoms with Gasteiger partial charge in [0.15, 0.2) is 0 Å². The molecule has 15 heavy (non-hydrogen) atoms. The molecule has 0 spiro atoms. The van der Waals surface area contributed by atoms with Gasteiger partial charge in [0.25, 0.3) is 0 Å². The van der Waals surface area contributed by atoms with E-state index in [0.717, 1.165) is 21.7 Å². The monoisotopic (exact) mass is 291 g/mol. The highest BCUT2D eigenvalue weighted by molar-refractivity contribution is 9.10. The second kappa shape index (κ2) is 6.48. The van der Waals surface area contributed by atoms with E-state index in [9.17, 15) is 0 Å². The van der Waals surface area contributed by atoms with Gasteiger partial charge in [-0.15, -0.1) is 0 Å². The number of hydroxylamine groups is 1. The highest BCUT2D eigenvalue weighted by atomic mass is 79.9. The summed E-state index contributed by atoms with van der Waals surface area (Å²) in [6.07, 6.45) is 0. The fraction of sp³-hybridized carbons (Fsp3) is 0.455. The molecule has 0 saturated heterocycles. The maximum absolute atomic E-state index is 5.88. The van der Waals surface area contributed by atoms with Gasteiger partial charge in [-0.05, 0) is 39.5 Å². The quantitative estimate of drug-likeness (QED) is 0.659. The van der Waals surface area contributed by atoms with Crippen LogP contribution in [0.2, 0.25) is 5.02 Å². The van der Waals surface area contributed by atoms with Crippen LogP contribution in [0, 0.1) is 5.92 Å². The average molecular weight is 293 g/mol. The maximum Gasteiger partial charge on any atom is 0.0705 e. The minimum Gasteiger partial charge on any atom is -0.301 e. The lowest BCUT2D eigenvalue weighted by Crippen LogP contribution is -2.17. The molecule has 1 N–H and O–H groups in total. The van der Waals surface area contributed by atoms with Crippen molar-refractivity contribution in [3.8, 4) is 0 Å². The average Bonchev–Trinajstić information content (AvgIpc) is 2.18. The molecule has 0 bridgehead atoms. The number of hydrogen-bond acceptors (Lipinski definition) is 2. The molecule has 0 fully saturated rings. The SMILES string of the molecule is CC(C)CONCc1ccc(Cl)c(Br)c1. The lowest BCUT2D eigenvalue weighted by atomic mass is 10.2. The summed E-state index contributed by atoms with van der Waals surface area (Å²) in [6, 6.07) is 5.82. The minimum atomic E-state index is 0.537. The van der Waals surface area contributed by atoms with Crippen molar-refractivity contribution in [1.29, 1.82) is 0 Å². The van der Waals surface area contributed by atoms with Crippen molar-refractivity contribution in [2.45, 2.75) is 20.4 Å². The number of benzene rings is 1. The minimum absolute atomic E-state index is 0.537. The van der Waals surface area contributed by atoms with Gasteiger partial charge in [0.1, 0.15) is 0 Å². The molecule has 0 aromatic heterocycles. The smallest absolute Gasteiger partial charge is 0.0705 e. The van der Waals surface area contributed by atoms with Crippen molar-refractivity contribution in [1.82, 2.24) is 5.48 Å². The topological polar surface area (TPSA) is 21.3 Å². The van der Waals surface area contributed by atoms with Crippen LogP contribution in [0.5, 0.6) is 0 Å². The molecule has 0 saturated carbocycles. The van der Waals surface area contributed by atoms with Crippen LogP contribution in [-0.2, 0) is 11.4 Å². The third-order valence-corrected chi connectivity index (χ3v) is 2.99. The van der Waals surface area contributed by atoms with E-state index in [1.54, 1.807) is 0 Å². The van der Waals surface area contributed by atoms with Crippen LogP contribution in [-0.4, -0.2) is 6.61 Å². The molecular weight excluding hydrogens is 277 g/mol. The molecule has 0 aliphatic rings. The molecule has 4 heteroatoms. The van der Waals surface area contributed by atoms with Gasteiger partial charge in [-0.1, -0.05) is 31.5 Å². The molecule has 84 valence electrons. The standard InChI is InChI=1S/C11H15BrClNO/c1-8(2)7-15-14-6-9-3-4-11(13)10(12)5-9/h3-5,8,14H,6-7H2,1-2H3. The maximum atomic E-state index is 5.88. The van der Waals surface area contributed by atoms with Gasteiger partial charge in [0, 0.05) is 11.0 Å². The molecule has 1 aromatic rings. The zero-order valence-corrected chi connectivity index (χ0v) is 11.2. The third kappa shape index (κ3) is 4.98.